The molecule has 176 valence electrons. The van der Waals surface area contributed by atoms with Crippen molar-refractivity contribution in [3.05, 3.63) is 83.7 Å². The molecule has 8 nitrogen and oxygen atoms in total. The molecule has 0 heterocycles. The molecule has 3 rings (SSSR count). The van der Waals surface area contributed by atoms with Crippen LogP contribution < -0.4 is 25.0 Å². The molecule has 2 amide bonds. The van der Waals surface area contributed by atoms with E-state index in [1.165, 1.54) is 25.5 Å². The fourth-order valence-electron chi connectivity index (χ4n) is 2.87. The molecule has 0 radical (unpaired) electrons. The summed E-state index contributed by atoms with van der Waals surface area (Å²) in [6.07, 6.45) is 1.37. The van der Waals surface area contributed by atoms with Gasteiger partial charge in [0, 0.05) is 0 Å². The first-order valence-corrected chi connectivity index (χ1v) is 10.4. The molecule has 2 N–H and O–H groups in total. The summed E-state index contributed by atoms with van der Waals surface area (Å²) in [5.74, 6) is -0.739. The Labute approximate surface area is 196 Å². The van der Waals surface area contributed by atoms with Crippen molar-refractivity contribution in [3.63, 3.8) is 0 Å². The number of hydrogen-bond acceptors (Lipinski definition) is 6. The number of rotatable bonds is 9. The van der Waals surface area contributed by atoms with E-state index in [1.54, 1.807) is 54.6 Å². The lowest BCUT2D eigenvalue weighted by atomic mass is 10.2. The molecule has 0 spiro atoms. The minimum atomic E-state index is -0.936. The lowest BCUT2D eigenvalue weighted by Gasteiger charge is -2.11. The van der Waals surface area contributed by atoms with Crippen LogP contribution in [0.2, 0.25) is 0 Å². The van der Waals surface area contributed by atoms with Crippen molar-refractivity contribution in [2.45, 2.75) is 13.5 Å². The number of amides is 2. The average Bonchev–Trinajstić information content (AvgIpc) is 2.85. The molecular formula is C25H24FN3O5. The SMILES string of the molecule is CCOc1ccccc1NC(=O)C(=O)N/N=C/c1ccc(OCc2ccc(F)cc2)c(OC)c1. The summed E-state index contributed by atoms with van der Waals surface area (Å²) < 4.78 is 29.5. The summed E-state index contributed by atoms with van der Waals surface area (Å²) >= 11 is 0. The Balaban J connectivity index is 1.56. The second kappa shape index (κ2) is 12.0. The highest BCUT2D eigenvalue weighted by atomic mass is 19.1. The van der Waals surface area contributed by atoms with E-state index in [0.29, 0.717) is 35.1 Å². The largest absolute Gasteiger partial charge is 0.493 e. The summed E-state index contributed by atoms with van der Waals surface area (Å²) in [4.78, 5) is 24.2. The van der Waals surface area contributed by atoms with Gasteiger partial charge >= 0.3 is 11.8 Å². The number of anilines is 1. The van der Waals surface area contributed by atoms with Gasteiger partial charge in [-0.15, -0.1) is 0 Å². The van der Waals surface area contributed by atoms with Crippen LogP contribution in [0.1, 0.15) is 18.1 Å². The third-order valence-electron chi connectivity index (χ3n) is 4.52. The zero-order chi connectivity index (χ0) is 24.3. The first kappa shape index (κ1) is 24.2. The molecular weight excluding hydrogens is 441 g/mol. The van der Waals surface area contributed by atoms with Gasteiger partial charge in [-0.25, -0.2) is 9.82 Å². The Morgan fingerprint density at radius 3 is 2.44 bits per heavy atom. The maximum atomic E-state index is 13.0. The Morgan fingerprint density at radius 1 is 0.941 bits per heavy atom. The van der Waals surface area contributed by atoms with Crippen LogP contribution in [0, 0.1) is 5.82 Å². The lowest BCUT2D eigenvalue weighted by molar-refractivity contribution is -0.136. The van der Waals surface area contributed by atoms with Crippen molar-refractivity contribution in [1.29, 1.82) is 0 Å². The van der Waals surface area contributed by atoms with Gasteiger partial charge < -0.3 is 19.5 Å². The number of nitrogens with zero attached hydrogens (tertiary/aromatic N) is 1. The molecule has 0 saturated carbocycles. The number of methoxy groups -OCH3 is 1. The highest BCUT2D eigenvalue weighted by molar-refractivity contribution is 6.39. The summed E-state index contributed by atoms with van der Waals surface area (Å²) in [6.45, 7) is 2.48. The molecule has 0 aromatic heterocycles. The van der Waals surface area contributed by atoms with E-state index in [2.05, 4.69) is 15.8 Å². The van der Waals surface area contributed by atoms with E-state index in [4.69, 9.17) is 14.2 Å². The number of hydrazone groups is 1. The van der Waals surface area contributed by atoms with Crippen LogP contribution in [0.3, 0.4) is 0 Å². The zero-order valence-corrected chi connectivity index (χ0v) is 18.7. The van der Waals surface area contributed by atoms with Gasteiger partial charge in [-0.3, -0.25) is 9.59 Å². The highest BCUT2D eigenvalue weighted by Gasteiger charge is 2.15. The van der Waals surface area contributed by atoms with Gasteiger partial charge in [0.25, 0.3) is 0 Å². The predicted molar refractivity (Wildman–Crippen MR) is 126 cm³/mol. The number of ether oxygens (including phenoxy) is 3. The fraction of sp³-hybridized carbons (Fsp3) is 0.160. The van der Waals surface area contributed by atoms with E-state index in [9.17, 15) is 14.0 Å². The van der Waals surface area contributed by atoms with E-state index in [-0.39, 0.29) is 12.4 Å². The lowest BCUT2D eigenvalue weighted by Crippen LogP contribution is -2.32. The van der Waals surface area contributed by atoms with Crippen molar-refractivity contribution >= 4 is 23.7 Å². The summed E-state index contributed by atoms with van der Waals surface area (Å²) in [7, 11) is 1.49. The van der Waals surface area contributed by atoms with E-state index in [1.807, 2.05) is 6.92 Å². The van der Waals surface area contributed by atoms with Crippen molar-refractivity contribution in [3.8, 4) is 17.2 Å². The molecule has 0 bridgehead atoms. The minimum Gasteiger partial charge on any atom is -0.493 e. The number of carbonyl (C=O) groups excluding carboxylic acids is 2. The molecule has 3 aromatic carbocycles. The van der Waals surface area contributed by atoms with Crippen molar-refractivity contribution in [2.24, 2.45) is 5.10 Å². The molecule has 0 aliphatic carbocycles. The molecule has 0 unspecified atom stereocenters. The maximum Gasteiger partial charge on any atom is 0.329 e. The normalized spacial score (nSPS) is 10.6. The first-order chi connectivity index (χ1) is 16.5. The van der Waals surface area contributed by atoms with Gasteiger partial charge in [0.05, 0.1) is 25.6 Å². The van der Waals surface area contributed by atoms with Gasteiger partial charge in [0.15, 0.2) is 11.5 Å². The Hall–Kier alpha value is -4.40. The van der Waals surface area contributed by atoms with Crippen LogP contribution in [-0.4, -0.2) is 31.7 Å². The summed E-state index contributed by atoms with van der Waals surface area (Å²) in [5, 5.41) is 6.31. The number of halogens is 1. The highest BCUT2D eigenvalue weighted by Crippen LogP contribution is 2.28. The predicted octanol–water partition coefficient (Wildman–Crippen LogP) is 3.90. The minimum absolute atomic E-state index is 0.238. The monoisotopic (exact) mass is 465 g/mol. The topological polar surface area (TPSA) is 98.2 Å². The smallest absolute Gasteiger partial charge is 0.329 e. The van der Waals surface area contributed by atoms with Gasteiger partial charge in [-0.1, -0.05) is 24.3 Å². The molecule has 0 aliphatic heterocycles. The molecule has 9 heteroatoms. The van der Waals surface area contributed by atoms with E-state index >= 15 is 0 Å². The van der Waals surface area contributed by atoms with Gasteiger partial charge in [0.1, 0.15) is 18.2 Å². The fourth-order valence-corrected chi connectivity index (χ4v) is 2.87. The van der Waals surface area contributed by atoms with Crippen LogP contribution in [0.15, 0.2) is 71.8 Å². The van der Waals surface area contributed by atoms with Crippen LogP contribution in [0.4, 0.5) is 10.1 Å². The molecule has 0 saturated heterocycles. The van der Waals surface area contributed by atoms with Crippen molar-refractivity contribution < 1.29 is 28.2 Å². The molecule has 0 atom stereocenters. The molecule has 0 aliphatic rings. The van der Waals surface area contributed by atoms with Crippen LogP contribution in [0.5, 0.6) is 17.2 Å². The average molecular weight is 465 g/mol. The summed E-state index contributed by atoms with van der Waals surface area (Å²) in [5.41, 5.74) is 3.97. The Bertz CT molecular complexity index is 1170. The quantitative estimate of drug-likeness (QED) is 0.284. The second-order valence-corrected chi connectivity index (χ2v) is 6.91. The zero-order valence-electron chi connectivity index (χ0n) is 18.7. The number of carbonyl (C=O) groups is 2. The van der Waals surface area contributed by atoms with Crippen LogP contribution in [-0.2, 0) is 16.2 Å². The Kier molecular flexibility index (Phi) is 8.56. The number of hydrogen-bond donors (Lipinski definition) is 2. The van der Waals surface area contributed by atoms with Crippen LogP contribution >= 0.6 is 0 Å². The van der Waals surface area contributed by atoms with Gasteiger partial charge in [-0.2, -0.15) is 5.10 Å². The van der Waals surface area contributed by atoms with Gasteiger partial charge in [0.2, 0.25) is 0 Å². The molecule has 0 fully saturated rings. The van der Waals surface area contributed by atoms with E-state index < -0.39 is 11.8 Å². The van der Waals surface area contributed by atoms with E-state index in [0.717, 1.165) is 5.56 Å². The van der Waals surface area contributed by atoms with Crippen LogP contribution in [0.25, 0.3) is 0 Å². The Morgan fingerprint density at radius 2 is 1.71 bits per heavy atom. The number of benzene rings is 3. The van der Waals surface area contributed by atoms with Crippen molar-refractivity contribution in [1.82, 2.24) is 5.43 Å². The third-order valence-corrected chi connectivity index (χ3v) is 4.52. The maximum absolute atomic E-state index is 13.0. The standard InChI is InChI=1S/C25H24FN3O5/c1-3-33-21-7-5-4-6-20(21)28-24(30)25(31)29-27-15-18-10-13-22(23(14-18)32-2)34-16-17-8-11-19(26)12-9-17/h4-15H,3,16H2,1-2H3,(H,28,30)(H,29,31)/b27-15+. The van der Waals surface area contributed by atoms with Gasteiger partial charge in [-0.05, 0) is 60.5 Å². The van der Waals surface area contributed by atoms with Crippen molar-refractivity contribution in [2.75, 3.05) is 19.0 Å². The summed E-state index contributed by atoms with van der Waals surface area (Å²) in [6, 6.07) is 17.8. The second-order valence-electron chi connectivity index (χ2n) is 6.91. The third kappa shape index (κ3) is 6.80. The molecule has 3 aromatic rings. The molecule has 34 heavy (non-hydrogen) atoms. The first-order valence-electron chi connectivity index (χ1n) is 10.4. The number of nitrogens with one attached hydrogen (secondary N) is 2. The number of para-hydroxylation sites is 2.